The summed E-state index contributed by atoms with van der Waals surface area (Å²) in [4.78, 5) is 2.91. The molecule has 2 aliphatic heterocycles. The van der Waals surface area contributed by atoms with Gasteiger partial charge in [0.05, 0.1) is 26.4 Å². The predicted octanol–water partition coefficient (Wildman–Crippen LogP) is 0.539. The van der Waals surface area contributed by atoms with E-state index in [1.54, 1.807) is 0 Å². The molecule has 0 atom stereocenters. The van der Waals surface area contributed by atoms with Crippen LogP contribution in [0.5, 0.6) is 0 Å². The zero-order valence-corrected chi connectivity index (χ0v) is 9.58. The lowest BCUT2D eigenvalue weighted by atomic mass is 10.2. The number of ether oxygens (including phenoxy) is 2. The van der Waals surface area contributed by atoms with E-state index < -0.39 is 12.3 Å². The van der Waals surface area contributed by atoms with E-state index in [0.717, 1.165) is 0 Å². The van der Waals surface area contributed by atoms with Crippen LogP contribution in [0.15, 0.2) is 0 Å². The van der Waals surface area contributed by atoms with Crippen LogP contribution in [0.2, 0.25) is 0 Å². The van der Waals surface area contributed by atoms with Gasteiger partial charge in [0.15, 0.2) is 6.17 Å². The monoisotopic (exact) mass is 254 g/mol. The fourth-order valence-corrected chi connectivity index (χ4v) is 2.29. The van der Waals surface area contributed by atoms with Gasteiger partial charge >= 0.3 is 6.18 Å². The molecule has 7 heteroatoms. The van der Waals surface area contributed by atoms with Crippen molar-refractivity contribution in [2.75, 3.05) is 52.6 Å². The maximum atomic E-state index is 13.1. The average molecular weight is 254 g/mol. The van der Waals surface area contributed by atoms with Crippen molar-refractivity contribution in [3.8, 4) is 0 Å². The smallest absolute Gasteiger partial charge is 0.379 e. The van der Waals surface area contributed by atoms with Crippen LogP contribution in [0, 0.1) is 0 Å². The molecule has 2 heterocycles. The van der Waals surface area contributed by atoms with Gasteiger partial charge in [-0.15, -0.1) is 0 Å². The van der Waals surface area contributed by atoms with Crippen LogP contribution in [-0.2, 0) is 9.47 Å². The van der Waals surface area contributed by atoms with E-state index in [4.69, 9.17) is 9.47 Å². The maximum absolute atomic E-state index is 13.1. The number of alkyl halides is 3. The molecule has 2 aliphatic rings. The Kier molecular flexibility index (Phi) is 4.24. The first-order chi connectivity index (χ1) is 8.09. The van der Waals surface area contributed by atoms with E-state index in [1.807, 2.05) is 0 Å². The molecule has 0 aromatic heterocycles. The Morgan fingerprint density at radius 2 is 1.12 bits per heavy atom. The molecule has 2 rings (SSSR count). The molecule has 0 amide bonds. The second-order valence-electron chi connectivity index (χ2n) is 4.21. The van der Waals surface area contributed by atoms with Crippen molar-refractivity contribution in [3.05, 3.63) is 0 Å². The molecule has 0 N–H and O–H groups in total. The molecule has 0 spiro atoms. The van der Waals surface area contributed by atoms with E-state index in [-0.39, 0.29) is 0 Å². The van der Waals surface area contributed by atoms with Crippen LogP contribution in [0.25, 0.3) is 0 Å². The highest BCUT2D eigenvalue weighted by atomic mass is 19.4. The average Bonchev–Trinajstić information content (AvgIpc) is 2.30. The Bertz CT molecular complexity index is 220. The fraction of sp³-hybridized carbons (Fsp3) is 1.00. The largest absolute Gasteiger partial charge is 0.417 e. The van der Waals surface area contributed by atoms with Crippen molar-refractivity contribution in [2.24, 2.45) is 0 Å². The molecule has 2 fully saturated rings. The van der Waals surface area contributed by atoms with E-state index in [0.29, 0.717) is 52.6 Å². The second-order valence-corrected chi connectivity index (χ2v) is 4.21. The molecule has 0 unspecified atom stereocenters. The van der Waals surface area contributed by atoms with Crippen molar-refractivity contribution < 1.29 is 22.6 Å². The maximum Gasteiger partial charge on any atom is 0.417 e. The summed E-state index contributed by atoms with van der Waals surface area (Å²) in [5.74, 6) is 0. The summed E-state index contributed by atoms with van der Waals surface area (Å²) in [6, 6.07) is 0. The summed E-state index contributed by atoms with van der Waals surface area (Å²) < 4.78 is 49.6. The second kappa shape index (κ2) is 5.51. The van der Waals surface area contributed by atoms with Crippen molar-refractivity contribution >= 4 is 0 Å². The van der Waals surface area contributed by atoms with Gasteiger partial charge in [-0.1, -0.05) is 0 Å². The summed E-state index contributed by atoms with van der Waals surface area (Å²) in [6.07, 6.45) is -5.72. The van der Waals surface area contributed by atoms with Gasteiger partial charge in [-0.25, -0.2) is 0 Å². The van der Waals surface area contributed by atoms with E-state index >= 15 is 0 Å². The summed E-state index contributed by atoms with van der Waals surface area (Å²) in [5.41, 5.74) is 0. The normalized spacial score (nSPS) is 25.4. The van der Waals surface area contributed by atoms with E-state index in [1.165, 1.54) is 9.80 Å². The molecule has 0 aromatic carbocycles. The van der Waals surface area contributed by atoms with Crippen LogP contribution in [0.3, 0.4) is 0 Å². The molecule has 4 nitrogen and oxygen atoms in total. The number of rotatable bonds is 2. The Hall–Kier alpha value is -0.370. The number of hydrogen-bond donors (Lipinski definition) is 0. The Labute approximate surface area is 98.3 Å². The van der Waals surface area contributed by atoms with Crippen molar-refractivity contribution in [3.63, 3.8) is 0 Å². The van der Waals surface area contributed by atoms with Crippen LogP contribution in [0.4, 0.5) is 13.2 Å². The Morgan fingerprint density at radius 1 is 0.765 bits per heavy atom. The number of hydrogen-bond acceptors (Lipinski definition) is 4. The third-order valence-electron chi connectivity index (χ3n) is 3.08. The number of morpholine rings is 2. The molecule has 0 bridgehead atoms. The lowest BCUT2D eigenvalue weighted by molar-refractivity contribution is -0.240. The quantitative estimate of drug-likeness (QED) is 0.718. The highest BCUT2D eigenvalue weighted by Crippen LogP contribution is 2.28. The highest BCUT2D eigenvalue weighted by Gasteiger charge is 2.47. The first-order valence-electron chi connectivity index (χ1n) is 5.79. The van der Waals surface area contributed by atoms with Crippen molar-refractivity contribution in [1.82, 2.24) is 9.80 Å². The molecule has 0 aliphatic carbocycles. The topological polar surface area (TPSA) is 24.9 Å². The summed E-state index contributed by atoms with van der Waals surface area (Å²) in [5, 5.41) is 0. The summed E-state index contributed by atoms with van der Waals surface area (Å²) in [7, 11) is 0. The first-order valence-corrected chi connectivity index (χ1v) is 5.79. The molecule has 0 radical (unpaired) electrons. The fourth-order valence-electron chi connectivity index (χ4n) is 2.29. The first kappa shape index (κ1) is 13.1. The Morgan fingerprint density at radius 3 is 1.41 bits per heavy atom. The lowest BCUT2D eigenvalue weighted by Gasteiger charge is -2.43. The van der Waals surface area contributed by atoms with E-state index in [9.17, 15) is 13.2 Å². The Balaban J connectivity index is 2.06. The lowest BCUT2D eigenvalue weighted by Crippen LogP contribution is -2.61. The number of nitrogens with zero attached hydrogens (tertiary/aromatic N) is 2. The zero-order chi connectivity index (χ0) is 12.3. The molecular formula is C10H17F3N2O2. The van der Waals surface area contributed by atoms with Crippen LogP contribution >= 0.6 is 0 Å². The van der Waals surface area contributed by atoms with Gasteiger partial charge in [0.2, 0.25) is 0 Å². The standard InChI is InChI=1S/C10H17F3N2O2/c11-10(12,13)9(14-1-5-16-6-2-14)15-3-7-17-8-4-15/h9H,1-8H2. The molecule has 0 saturated carbocycles. The van der Waals surface area contributed by atoms with Gasteiger partial charge in [0.1, 0.15) is 0 Å². The molecule has 17 heavy (non-hydrogen) atoms. The molecule has 2 saturated heterocycles. The third kappa shape index (κ3) is 3.31. The van der Waals surface area contributed by atoms with Gasteiger partial charge in [0.25, 0.3) is 0 Å². The van der Waals surface area contributed by atoms with Gasteiger partial charge in [0, 0.05) is 26.2 Å². The highest BCUT2D eigenvalue weighted by molar-refractivity contribution is 4.82. The summed E-state index contributed by atoms with van der Waals surface area (Å²) in [6.45, 7) is 2.83. The summed E-state index contributed by atoms with van der Waals surface area (Å²) >= 11 is 0. The van der Waals surface area contributed by atoms with Gasteiger partial charge < -0.3 is 9.47 Å². The van der Waals surface area contributed by atoms with Gasteiger partial charge in [-0.05, 0) is 0 Å². The molecular weight excluding hydrogens is 237 g/mol. The minimum atomic E-state index is -4.23. The van der Waals surface area contributed by atoms with Gasteiger partial charge in [-0.3, -0.25) is 9.80 Å². The minimum absolute atomic E-state index is 0.335. The van der Waals surface area contributed by atoms with Crippen molar-refractivity contribution in [1.29, 1.82) is 0 Å². The zero-order valence-electron chi connectivity index (χ0n) is 9.58. The molecule has 0 aromatic rings. The molecule has 100 valence electrons. The van der Waals surface area contributed by atoms with Crippen molar-refractivity contribution in [2.45, 2.75) is 12.3 Å². The van der Waals surface area contributed by atoms with E-state index in [2.05, 4.69) is 0 Å². The SMILES string of the molecule is FC(F)(F)C(N1CCOCC1)N1CCOCC1. The van der Waals surface area contributed by atoms with Gasteiger partial charge in [-0.2, -0.15) is 13.2 Å². The number of halogens is 3. The van der Waals surface area contributed by atoms with Crippen LogP contribution in [0.1, 0.15) is 0 Å². The van der Waals surface area contributed by atoms with Crippen LogP contribution < -0.4 is 0 Å². The predicted molar refractivity (Wildman–Crippen MR) is 54.6 cm³/mol. The third-order valence-corrected chi connectivity index (χ3v) is 3.08. The minimum Gasteiger partial charge on any atom is -0.379 e. The van der Waals surface area contributed by atoms with Crippen LogP contribution in [-0.4, -0.2) is 74.7 Å².